The first-order valence-electron chi connectivity index (χ1n) is 7.38. The molecule has 2 aromatic carbocycles. The van der Waals surface area contributed by atoms with Crippen molar-refractivity contribution in [3.63, 3.8) is 0 Å². The Hall–Kier alpha value is -2.93. The van der Waals surface area contributed by atoms with E-state index >= 15 is 0 Å². The van der Waals surface area contributed by atoms with Gasteiger partial charge in [-0.25, -0.2) is 0 Å². The number of nitro groups is 1. The second-order valence-corrected chi connectivity index (χ2v) is 5.85. The zero-order chi connectivity index (χ0) is 18.6. The number of hydrogen-bond donors (Lipinski definition) is 2. The fourth-order valence-electron chi connectivity index (χ4n) is 2.30. The van der Waals surface area contributed by atoms with Crippen molar-refractivity contribution in [2.24, 2.45) is 0 Å². The number of carbonyl (C=O) groups excluding carboxylic acids is 2. The number of nitrogens with one attached hydrogen (secondary N) is 2. The minimum Gasteiger partial charge on any atom is -0.343 e. The maximum atomic E-state index is 12.2. The monoisotopic (exact) mass is 361 g/mol. The van der Waals surface area contributed by atoms with Gasteiger partial charge in [0.15, 0.2) is 0 Å². The van der Waals surface area contributed by atoms with Crippen LogP contribution in [0.3, 0.4) is 0 Å². The molecule has 2 aromatic rings. The summed E-state index contributed by atoms with van der Waals surface area (Å²) in [5.74, 6) is -1.18. The van der Waals surface area contributed by atoms with Crippen molar-refractivity contribution < 1.29 is 14.5 Å². The Morgan fingerprint density at radius 3 is 2.40 bits per heavy atom. The average Bonchev–Trinajstić information content (AvgIpc) is 2.55. The summed E-state index contributed by atoms with van der Waals surface area (Å²) in [6.07, 6.45) is 0. The number of halogens is 1. The van der Waals surface area contributed by atoms with Crippen LogP contribution >= 0.6 is 11.6 Å². The molecule has 0 heterocycles. The SMILES string of the molecule is Cc1cccc(C)c1NC(=O)CNC(=O)c1cc(Cl)ccc1[N+](=O)[O-]. The molecule has 8 heteroatoms. The molecule has 2 N–H and O–H groups in total. The van der Waals surface area contributed by atoms with Crippen LogP contribution in [0.1, 0.15) is 21.5 Å². The van der Waals surface area contributed by atoms with Crippen molar-refractivity contribution in [2.45, 2.75) is 13.8 Å². The molecule has 0 saturated heterocycles. The second kappa shape index (κ2) is 7.76. The average molecular weight is 362 g/mol. The van der Waals surface area contributed by atoms with E-state index in [-0.39, 0.29) is 22.8 Å². The van der Waals surface area contributed by atoms with Crippen LogP contribution in [0.25, 0.3) is 0 Å². The van der Waals surface area contributed by atoms with Crippen LogP contribution in [0, 0.1) is 24.0 Å². The van der Waals surface area contributed by atoms with Crippen molar-refractivity contribution in [1.29, 1.82) is 0 Å². The largest absolute Gasteiger partial charge is 0.343 e. The summed E-state index contributed by atoms with van der Waals surface area (Å²) in [4.78, 5) is 34.5. The van der Waals surface area contributed by atoms with Crippen LogP contribution < -0.4 is 10.6 Å². The zero-order valence-electron chi connectivity index (χ0n) is 13.6. The van der Waals surface area contributed by atoms with Crippen molar-refractivity contribution in [2.75, 3.05) is 11.9 Å². The zero-order valence-corrected chi connectivity index (χ0v) is 14.4. The van der Waals surface area contributed by atoms with E-state index in [9.17, 15) is 19.7 Å². The molecular weight excluding hydrogens is 346 g/mol. The number of hydrogen-bond acceptors (Lipinski definition) is 4. The lowest BCUT2D eigenvalue weighted by atomic mass is 10.1. The molecule has 0 radical (unpaired) electrons. The maximum absolute atomic E-state index is 12.2. The highest BCUT2D eigenvalue weighted by Gasteiger charge is 2.21. The van der Waals surface area contributed by atoms with Gasteiger partial charge in [0, 0.05) is 16.8 Å². The first-order valence-corrected chi connectivity index (χ1v) is 7.75. The summed E-state index contributed by atoms with van der Waals surface area (Å²) < 4.78 is 0. The first-order chi connectivity index (χ1) is 11.8. The Balaban J connectivity index is 2.06. The molecule has 0 aliphatic rings. The van der Waals surface area contributed by atoms with Crippen LogP contribution in [-0.4, -0.2) is 23.3 Å². The predicted octanol–water partition coefficient (Wildman–Crippen LogP) is 3.23. The summed E-state index contributed by atoms with van der Waals surface area (Å²) in [5.41, 5.74) is 1.89. The number of aryl methyl sites for hydroxylation is 2. The Labute approximate surface area is 149 Å². The van der Waals surface area contributed by atoms with E-state index in [4.69, 9.17) is 11.6 Å². The number of anilines is 1. The summed E-state index contributed by atoms with van der Waals surface area (Å²) in [7, 11) is 0. The van der Waals surface area contributed by atoms with Crippen molar-refractivity contribution in [3.05, 3.63) is 68.2 Å². The van der Waals surface area contributed by atoms with Gasteiger partial charge in [-0.2, -0.15) is 0 Å². The van der Waals surface area contributed by atoms with E-state index in [1.165, 1.54) is 12.1 Å². The molecule has 0 spiro atoms. The smallest absolute Gasteiger partial charge is 0.282 e. The van der Waals surface area contributed by atoms with Gasteiger partial charge < -0.3 is 10.6 Å². The molecule has 0 bridgehead atoms. The lowest BCUT2D eigenvalue weighted by Crippen LogP contribution is -2.33. The van der Waals surface area contributed by atoms with Gasteiger partial charge >= 0.3 is 0 Å². The molecule has 0 aliphatic heterocycles. The Kier molecular flexibility index (Phi) is 5.71. The van der Waals surface area contributed by atoms with Crippen LogP contribution in [0.15, 0.2) is 36.4 Å². The number of amides is 2. The van der Waals surface area contributed by atoms with Gasteiger partial charge in [-0.1, -0.05) is 29.8 Å². The van der Waals surface area contributed by atoms with Gasteiger partial charge in [0.25, 0.3) is 11.6 Å². The minimum absolute atomic E-state index is 0.190. The highest BCUT2D eigenvalue weighted by atomic mass is 35.5. The van der Waals surface area contributed by atoms with E-state index in [0.29, 0.717) is 5.69 Å². The Bertz CT molecular complexity index is 832. The minimum atomic E-state index is -0.745. The van der Waals surface area contributed by atoms with Crippen LogP contribution in [-0.2, 0) is 4.79 Å². The Morgan fingerprint density at radius 1 is 1.16 bits per heavy atom. The summed E-state index contributed by atoms with van der Waals surface area (Å²) in [5, 5.41) is 16.3. The molecule has 25 heavy (non-hydrogen) atoms. The third kappa shape index (κ3) is 4.54. The number of carbonyl (C=O) groups is 2. The fraction of sp³-hybridized carbons (Fsp3) is 0.176. The third-order valence-corrected chi connectivity index (χ3v) is 3.79. The van der Waals surface area contributed by atoms with Crippen molar-refractivity contribution in [3.8, 4) is 0 Å². The van der Waals surface area contributed by atoms with Gasteiger partial charge in [-0.3, -0.25) is 19.7 Å². The van der Waals surface area contributed by atoms with Gasteiger partial charge in [0.2, 0.25) is 5.91 Å². The van der Waals surface area contributed by atoms with E-state index in [1.54, 1.807) is 0 Å². The molecule has 0 aliphatic carbocycles. The van der Waals surface area contributed by atoms with E-state index in [2.05, 4.69) is 10.6 Å². The number of benzene rings is 2. The fourth-order valence-corrected chi connectivity index (χ4v) is 2.47. The number of rotatable bonds is 5. The van der Waals surface area contributed by atoms with Crippen LogP contribution in [0.4, 0.5) is 11.4 Å². The molecule has 2 rings (SSSR count). The normalized spacial score (nSPS) is 10.2. The molecule has 0 fully saturated rings. The van der Waals surface area contributed by atoms with Crippen LogP contribution in [0.5, 0.6) is 0 Å². The number of nitrogens with zero attached hydrogens (tertiary/aromatic N) is 1. The lowest BCUT2D eigenvalue weighted by Gasteiger charge is -2.12. The third-order valence-electron chi connectivity index (χ3n) is 3.55. The second-order valence-electron chi connectivity index (χ2n) is 5.42. The topological polar surface area (TPSA) is 101 Å². The first kappa shape index (κ1) is 18.4. The number of nitro benzene ring substituents is 1. The highest BCUT2D eigenvalue weighted by Crippen LogP contribution is 2.22. The molecule has 0 unspecified atom stereocenters. The van der Waals surface area contributed by atoms with Gasteiger partial charge in [-0.15, -0.1) is 0 Å². The molecule has 130 valence electrons. The lowest BCUT2D eigenvalue weighted by molar-refractivity contribution is -0.385. The summed E-state index contributed by atoms with van der Waals surface area (Å²) in [6, 6.07) is 9.25. The van der Waals surface area contributed by atoms with Gasteiger partial charge in [0.05, 0.1) is 11.5 Å². The Morgan fingerprint density at radius 2 is 1.80 bits per heavy atom. The molecule has 0 saturated carbocycles. The molecule has 0 aromatic heterocycles. The van der Waals surface area contributed by atoms with Gasteiger partial charge in [0.1, 0.15) is 5.56 Å². The van der Waals surface area contributed by atoms with Crippen LogP contribution in [0.2, 0.25) is 5.02 Å². The standard InChI is InChI=1S/C17H16ClN3O4/c1-10-4-3-5-11(2)16(10)20-15(22)9-19-17(23)13-8-12(18)6-7-14(13)21(24)25/h3-8H,9H2,1-2H3,(H,19,23)(H,20,22). The van der Waals surface area contributed by atoms with E-state index in [1.807, 2.05) is 32.0 Å². The van der Waals surface area contributed by atoms with E-state index in [0.717, 1.165) is 17.2 Å². The molecule has 2 amide bonds. The summed E-state index contributed by atoms with van der Waals surface area (Å²) in [6.45, 7) is 3.39. The maximum Gasteiger partial charge on any atom is 0.282 e. The quantitative estimate of drug-likeness (QED) is 0.630. The number of para-hydroxylation sites is 1. The van der Waals surface area contributed by atoms with Crippen molar-refractivity contribution >= 4 is 34.8 Å². The highest BCUT2D eigenvalue weighted by molar-refractivity contribution is 6.31. The molecule has 0 atom stereocenters. The molecule has 7 nitrogen and oxygen atoms in total. The molecular formula is C17H16ClN3O4. The predicted molar refractivity (Wildman–Crippen MR) is 95.0 cm³/mol. The summed E-state index contributed by atoms with van der Waals surface area (Å²) >= 11 is 5.79. The van der Waals surface area contributed by atoms with E-state index < -0.39 is 16.7 Å². The van der Waals surface area contributed by atoms with Crippen molar-refractivity contribution in [1.82, 2.24) is 5.32 Å². The van der Waals surface area contributed by atoms with Gasteiger partial charge in [-0.05, 0) is 37.1 Å².